The smallest absolute Gasteiger partial charge is 0.351 e. The SMILES string of the molecule is O=C1N=C(N2CCCC2)S/C1=C\c1ccc(C(F)(F)F)cc1. The van der Waals surface area contributed by atoms with Gasteiger partial charge in [-0.15, -0.1) is 0 Å². The molecule has 2 aliphatic rings. The van der Waals surface area contributed by atoms with Crippen molar-refractivity contribution in [2.24, 2.45) is 4.99 Å². The van der Waals surface area contributed by atoms with Gasteiger partial charge in [-0.1, -0.05) is 12.1 Å². The van der Waals surface area contributed by atoms with Crippen LogP contribution >= 0.6 is 11.8 Å². The van der Waals surface area contributed by atoms with Crippen molar-refractivity contribution in [2.45, 2.75) is 19.0 Å². The van der Waals surface area contributed by atoms with E-state index in [4.69, 9.17) is 0 Å². The minimum atomic E-state index is -4.35. The summed E-state index contributed by atoms with van der Waals surface area (Å²) in [5.74, 6) is -0.327. The predicted molar refractivity (Wildman–Crippen MR) is 80.3 cm³/mol. The molecular formula is C15H13F3N2OS. The van der Waals surface area contributed by atoms with Crippen molar-refractivity contribution in [3.05, 3.63) is 40.3 Å². The second-order valence-corrected chi connectivity index (χ2v) is 6.13. The molecule has 0 atom stereocenters. The van der Waals surface area contributed by atoms with Gasteiger partial charge in [-0.3, -0.25) is 4.79 Å². The third-order valence-corrected chi connectivity index (χ3v) is 4.57. The van der Waals surface area contributed by atoms with Crippen LogP contribution in [-0.4, -0.2) is 29.1 Å². The Hall–Kier alpha value is -1.76. The number of thioether (sulfide) groups is 1. The third kappa shape index (κ3) is 3.19. The first-order valence-corrected chi connectivity index (χ1v) is 7.70. The van der Waals surface area contributed by atoms with Crippen molar-refractivity contribution >= 4 is 28.9 Å². The van der Waals surface area contributed by atoms with Crippen molar-refractivity contribution < 1.29 is 18.0 Å². The minimum Gasteiger partial charge on any atom is -0.351 e. The molecule has 2 heterocycles. The van der Waals surface area contributed by atoms with Gasteiger partial charge in [0.05, 0.1) is 10.5 Å². The quantitative estimate of drug-likeness (QED) is 0.737. The zero-order valence-electron chi connectivity index (χ0n) is 11.6. The number of amides is 1. The Labute approximate surface area is 129 Å². The zero-order valence-corrected chi connectivity index (χ0v) is 12.4. The summed E-state index contributed by atoms with van der Waals surface area (Å²) in [7, 11) is 0. The van der Waals surface area contributed by atoms with Crippen molar-refractivity contribution in [1.82, 2.24) is 4.90 Å². The van der Waals surface area contributed by atoms with Crippen LogP contribution in [0.25, 0.3) is 6.08 Å². The highest BCUT2D eigenvalue weighted by molar-refractivity contribution is 8.18. The Kier molecular flexibility index (Phi) is 3.99. The van der Waals surface area contributed by atoms with Gasteiger partial charge in [0.2, 0.25) is 0 Å². The Morgan fingerprint density at radius 2 is 1.77 bits per heavy atom. The van der Waals surface area contributed by atoms with Gasteiger partial charge < -0.3 is 4.90 Å². The largest absolute Gasteiger partial charge is 0.416 e. The fraction of sp³-hybridized carbons (Fsp3) is 0.333. The number of hydrogen-bond acceptors (Lipinski definition) is 3. The standard InChI is InChI=1S/C15H13F3N2OS/c16-15(17,18)11-5-3-10(4-6-11)9-12-13(21)19-14(22-12)20-7-1-2-8-20/h3-6,9H,1-2,7-8H2/b12-9-. The summed E-state index contributed by atoms with van der Waals surface area (Å²) in [6.45, 7) is 1.79. The molecule has 1 aromatic carbocycles. The van der Waals surface area contributed by atoms with E-state index in [-0.39, 0.29) is 5.91 Å². The van der Waals surface area contributed by atoms with Gasteiger partial charge >= 0.3 is 6.18 Å². The normalized spacial score (nSPS) is 20.9. The number of amidine groups is 1. The van der Waals surface area contributed by atoms with Gasteiger partial charge in [0, 0.05) is 13.1 Å². The maximum atomic E-state index is 12.5. The second kappa shape index (κ2) is 5.79. The molecule has 3 rings (SSSR count). The molecule has 22 heavy (non-hydrogen) atoms. The van der Waals surface area contributed by atoms with E-state index in [0.29, 0.717) is 15.6 Å². The highest BCUT2D eigenvalue weighted by Gasteiger charge is 2.30. The number of rotatable bonds is 1. The van der Waals surface area contributed by atoms with Crippen LogP contribution in [0.1, 0.15) is 24.0 Å². The van der Waals surface area contributed by atoms with E-state index in [0.717, 1.165) is 38.1 Å². The zero-order chi connectivity index (χ0) is 15.7. The van der Waals surface area contributed by atoms with Crippen molar-refractivity contribution in [2.75, 3.05) is 13.1 Å². The molecule has 0 N–H and O–H groups in total. The number of halogens is 3. The summed E-state index contributed by atoms with van der Waals surface area (Å²) < 4.78 is 37.5. The summed E-state index contributed by atoms with van der Waals surface area (Å²) in [5.41, 5.74) is -0.143. The molecule has 0 saturated carbocycles. The second-order valence-electron chi connectivity index (χ2n) is 5.12. The van der Waals surface area contributed by atoms with Gasteiger partial charge in [0.1, 0.15) is 0 Å². The van der Waals surface area contributed by atoms with Gasteiger partial charge in [-0.2, -0.15) is 18.2 Å². The summed E-state index contributed by atoms with van der Waals surface area (Å²) in [6, 6.07) is 4.74. The number of hydrogen-bond donors (Lipinski definition) is 0. The first-order valence-electron chi connectivity index (χ1n) is 6.88. The van der Waals surface area contributed by atoms with E-state index in [2.05, 4.69) is 9.89 Å². The van der Waals surface area contributed by atoms with Crippen molar-refractivity contribution in [3.63, 3.8) is 0 Å². The average Bonchev–Trinajstić information content (AvgIpc) is 3.09. The lowest BCUT2D eigenvalue weighted by Crippen LogP contribution is -2.23. The molecule has 1 aromatic rings. The van der Waals surface area contributed by atoms with E-state index >= 15 is 0 Å². The fourth-order valence-electron chi connectivity index (χ4n) is 2.36. The first-order chi connectivity index (χ1) is 10.4. The predicted octanol–water partition coefficient (Wildman–Crippen LogP) is 3.77. The van der Waals surface area contributed by atoms with E-state index in [1.165, 1.54) is 23.9 Å². The Morgan fingerprint density at radius 1 is 1.14 bits per heavy atom. The van der Waals surface area contributed by atoms with Crippen LogP contribution in [0.15, 0.2) is 34.2 Å². The molecule has 116 valence electrons. The van der Waals surface area contributed by atoms with Crippen LogP contribution in [0.4, 0.5) is 13.2 Å². The highest BCUT2D eigenvalue weighted by Crippen LogP contribution is 2.33. The maximum Gasteiger partial charge on any atom is 0.416 e. The molecule has 2 aliphatic heterocycles. The number of carbonyl (C=O) groups excluding carboxylic acids is 1. The van der Waals surface area contributed by atoms with E-state index in [9.17, 15) is 18.0 Å². The van der Waals surface area contributed by atoms with Gasteiger partial charge in [0.15, 0.2) is 5.17 Å². The Balaban J connectivity index is 1.74. The fourth-order valence-corrected chi connectivity index (χ4v) is 3.33. The molecule has 0 spiro atoms. The molecule has 0 aliphatic carbocycles. The number of aliphatic imine (C=N–C) groups is 1. The number of likely N-dealkylation sites (tertiary alicyclic amines) is 1. The summed E-state index contributed by atoms with van der Waals surface area (Å²) in [6.07, 6.45) is -0.590. The van der Waals surface area contributed by atoms with Crippen molar-refractivity contribution in [1.29, 1.82) is 0 Å². The Morgan fingerprint density at radius 3 is 2.36 bits per heavy atom. The van der Waals surface area contributed by atoms with Crippen LogP contribution in [0, 0.1) is 0 Å². The lowest BCUT2D eigenvalue weighted by atomic mass is 10.1. The molecule has 0 aromatic heterocycles. The minimum absolute atomic E-state index is 0.327. The molecule has 1 fully saturated rings. The van der Waals surface area contributed by atoms with Crippen molar-refractivity contribution in [3.8, 4) is 0 Å². The average molecular weight is 326 g/mol. The molecule has 7 heteroatoms. The Bertz CT molecular complexity index is 644. The number of benzene rings is 1. The van der Waals surface area contributed by atoms with E-state index in [1.54, 1.807) is 6.08 Å². The number of alkyl halides is 3. The van der Waals surface area contributed by atoms with Gasteiger partial charge in [-0.05, 0) is 48.4 Å². The number of carbonyl (C=O) groups is 1. The van der Waals surface area contributed by atoms with E-state index < -0.39 is 11.7 Å². The number of nitrogens with zero attached hydrogens (tertiary/aromatic N) is 2. The van der Waals surface area contributed by atoms with Gasteiger partial charge in [-0.25, -0.2) is 0 Å². The monoisotopic (exact) mass is 326 g/mol. The van der Waals surface area contributed by atoms with Crippen LogP contribution in [0.2, 0.25) is 0 Å². The summed E-state index contributed by atoms with van der Waals surface area (Å²) in [4.78, 5) is 18.4. The molecule has 1 amide bonds. The van der Waals surface area contributed by atoms with Crippen LogP contribution in [0.3, 0.4) is 0 Å². The summed E-state index contributed by atoms with van der Waals surface area (Å²) in [5, 5.41) is 0.695. The molecular weight excluding hydrogens is 313 g/mol. The topological polar surface area (TPSA) is 32.7 Å². The van der Waals surface area contributed by atoms with E-state index in [1.807, 2.05) is 0 Å². The molecule has 0 bridgehead atoms. The van der Waals surface area contributed by atoms with Crippen LogP contribution in [-0.2, 0) is 11.0 Å². The highest BCUT2D eigenvalue weighted by atomic mass is 32.2. The van der Waals surface area contributed by atoms with Crippen LogP contribution in [0.5, 0.6) is 0 Å². The molecule has 1 saturated heterocycles. The first kappa shape index (κ1) is 15.1. The maximum absolute atomic E-state index is 12.5. The lowest BCUT2D eigenvalue weighted by molar-refractivity contribution is -0.137. The molecule has 0 unspecified atom stereocenters. The van der Waals surface area contributed by atoms with Crippen LogP contribution < -0.4 is 0 Å². The summed E-state index contributed by atoms with van der Waals surface area (Å²) >= 11 is 1.29. The lowest BCUT2D eigenvalue weighted by Gasteiger charge is -2.14. The third-order valence-electron chi connectivity index (χ3n) is 3.52. The molecule has 3 nitrogen and oxygen atoms in total. The molecule has 0 radical (unpaired) electrons. The van der Waals surface area contributed by atoms with Gasteiger partial charge in [0.25, 0.3) is 5.91 Å².